The van der Waals surface area contributed by atoms with E-state index in [9.17, 15) is 53.7 Å². The molecule has 0 aliphatic carbocycles. The van der Waals surface area contributed by atoms with Gasteiger partial charge < -0.3 is 51.1 Å². The highest BCUT2D eigenvalue weighted by Gasteiger charge is 2.50. The van der Waals surface area contributed by atoms with Gasteiger partial charge in [-0.05, 0) is 13.3 Å². The van der Waals surface area contributed by atoms with Crippen molar-refractivity contribution >= 4 is 47.8 Å². The number of nitrogens with one attached hydrogen (secondary N) is 2. The fraction of sp³-hybridized carbons (Fsp3) is 0.636. The minimum absolute atomic E-state index is 0.00249. The lowest BCUT2D eigenvalue weighted by Gasteiger charge is -2.33. The van der Waals surface area contributed by atoms with Gasteiger partial charge in [0, 0.05) is 12.8 Å². The molecule has 5 amide bonds. The maximum Gasteiger partial charge on any atom is 0.318 e. The number of esters is 1. The number of aliphatic hydroxyl groups excluding tert-OH is 3. The van der Waals surface area contributed by atoms with Gasteiger partial charge in [0.15, 0.2) is 0 Å². The van der Waals surface area contributed by atoms with Crippen molar-refractivity contribution in [2.45, 2.75) is 62.6 Å². The lowest BCUT2D eigenvalue weighted by atomic mass is 10.0. The van der Waals surface area contributed by atoms with Crippen LogP contribution >= 0.6 is 0 Å². The minimum atomic E-state index is -2.13. The Balaban J connectivity index is 3.00. The first-order valence-corrected chi connectivity index (χ1v) is 11.8. The number of rotatable bonds is 17. The number of carbonyl (C=O) groups is 8. The van der Waals surface area contributed by atoms with E-state index >= 15 is 0 Å². The Morgan fingerprint density at radius 3 is 2.30 bits per heavy atom. The number of imide groups is 1. The molecule has 224 valence electrons. The van der Waals surface area contributed by atoms with Crippen LogP contribution in [0.1, 0.15) is 26.2 Å². The van der Waals surface area contributed by atoms with Crippen molar-refractivity contribution in [1.82, 2.24) is 15.5 Å². The SMILES string of the molecule is COC(=O)C1CC(=O)N([C@@H](C=O)[C@@H](OCC(=O)NC(C)C(=O)NC(CCC(=O)O)C(N)=O)[C@H](O)[C@H](O)CO)C1=O. The number of primary amides is 1. The number of hydrogen-bond acceptors (Lipinski definition) is 13. The molecule has 18 heteroatoms. The predicted molar refractivity (Wildman–Crippen MR) is 126 cm³/mol. The topological polar surface area (TPSA) is 289 Å². The molecule has 0 spiro atoms. The number of nitrogens with two attached hydrogens (primary N) is 1. The number of methoxy groups -OCH3 is 1. The summed E-state index contributed by atoms with van der Waals surface area (Å²) in [6.07, 6.45) is -7.51. The number of likely N-dealkylation sites (tertiary alicyclic amines) is 1. The van der Waals surface area contributed by atoms with Crippen LogP contribution in [0.2, 0.25) is 0 Å². The Morgan fingerprint density at radius 1 is 1.18 bits per heavy atom. The van der Waals surface area contributed by atoms with E-state index in [4.69, 9.17) is 15.6 Å². The molecule has 1 rings (SSSR count). The first-order chi connectivity index (χ1) is 18.7. The molecule has 3 unspecified atom stereocenters. The van der Waals surface area contributed by atoms with Crippen LogP contribution in [0.3, 0.4) is 0 Å². The summed E-state index contributed by atoms with van der Waals surface area (Å²) in [6, 6.07) is -4.64. The fourth-order valence-corrected chi connectivity index (χ4v) is 3.67. The zero-order chi connectivity index (χ0) is 30.7. The highest BCUT2D eigenvalue weighted by Crippen LogP contribution is 2.26. The first-order valence-electron chi connectivity index (χ1n) is 11.8. The molecule has 0 saturated carbocycles. The number of aliphatic hydroxyl groups is 3. The molecule has 40 heavy (non-hydrogen) atoms. The molecule has 0 aromatic heterocycles. The quantitative estimate of drug-likeness (QED) is 0.0368. The largest absolute Gasteiger partial charge is 0.481 e. The maximum absolute atomic E-state index is 12.7. The number of hydrogen-bond donors (Lipinski definition) is 7. The molecule has 8 N–H and O–H groups in total. The second-order valence-electron chi connectivity index (χ2n) is 8.71. The van der Waals surface area contributed by atoms with Gasteiger partial charge in [-0.1, -0.05) is 0 Å². The highest BCUT2D eigenvalue weighted by atomic mass is 16.5. The van der Waals surface area contributed by atoms with E-state index in [1.54, 1.807) is 0 Å². The van der Waals surface area contributed by atoms with Crippen LogP contribution in [-0.4, -0.2) is 130 Å². The van der Waals surface area contributed by atoms with Gasteiger partial charge in [0.05, 0.1) is 13.7 Å². The third-order valence-electron chi connectivity index (χ3n) is 5.85. The molecule has 1 aliphatic heterocycles. The monoisotopic (exact) mass is 576 g/mol. The van der Waals surface area contributed by atoms with Crippen LogP contribution in [0.4, 0.5) is 0 Å². The lowest BCUT2D eigenvalue weighted by Crippen LogP contribution is -2.57. The summed E-state index contributed by atoms with van der Waals surface area (Å²) < 4.78 is 9.70. The Labute approximate surface area is 226 Å². The van der Waals surface area contributed by atoms with Crippen molar-refractivity contribution in [1.29, 1.82) is 0 Å². The summed E-state index contributed by atoms with van der Waals surface area (Å²) in [5.74, 6) is -9.05. The van der Waals surface area contributed by atoms with E-state index in [1.165, 1.54) is 6.92 Å². The molecule has 0 radical (unpaired) electrons. The maximum atomic E-state index is 12.7. The summed E-state index contributed by atoms with van der Waals surface area (Å²) in [7, 11) is 0.969. The van der Waals surface area contributed by atoms with E-state index in [0.29, 0.717) is 4.90 Å². The van der Waals surface area contributed by atoms with E-state index in [2.05, 4.69) is 15.4 Å². The van der Waals surface area contributed by atoms with Gasteiger partial charge in [0.2, 0.25) is 29.5 Å². The summed E-state index contributed by atoms with van der Waals surface area (Å²) in [6.45, 7) is -0.880. The molecule has 18 nitrogen and oxygen atoms in total. The first kappa shape index (κ1) is 34.0. The van der Waals surface area contributed by atoms with E-state index in [-0.39, 0.29) is 12.7 Å². The molecule has 1 fully saturated rings. The third-order valence-corrected chi connectivity index (χ3v) is 5.85. The van der Waals surface area contributed by atoms with Crippen molar-refractivity contribution in [3.63, 3.8) is 0 Å². The standard InChI is InChI=1S/C22H32N4O14/c1-9(20(36)25-11(19(23)35)3-4-16(32)33)24-14(30)8-40-18(17(34)13(29)7-28)12(6-27)26-15(31)5-10(21(26)37)22(38)39-2/h6,9-13,17-18,28-29,34H,3-5,7-8H2,1-2H3,(H2,23,35)(H,24,30)(H,25,36)(H,32,33)/t9?,10?,11?,12-,13+,17+,18+/m0/s1. The molecule has 0 aromatic rings. The van der Waals surface area contributed by atoms with E-state index in [0.717, 1.165) is 7.11 Å². The fourth-order valence-electron chi connectivity index (χ4n) is 3.67. The number of carbonyl (C=O) groups excluding carboxylic acids is 7. The van der Waals surface area contributed by atoms with Crippen molar-refractivity contribution in [2.24, 2.45) is 11.7 Å². The van der Waals surface area contributed by atoms with Crippen LogP contribution in [-0.2, 0) is 47.8 Å². The van der Waals surface area contributed by atoms with Gasteiger partial charge in [-0.15, -0.1) is 0 Å². The molecule has 1 saturated heterocycles. The number of nitrogens with zero attached hydrogens (tertiary/aromatic N) is 1. The molecule has 7 atom stereocenters. The van der Waals surface area contributed by atoms with Gasteiger partial charge in [-0.25, -0.2) is 0 Å². The van der Waals surface area contributed by atoms with Crippen LogP contribution in [0, 0.1) is 5.92 Å². The van der Waals surface area contributed by atoms with Gasteiger partial charge in [-0.3, -0.25) is 38.5 Å². The molecular formula is C22H32N4O14. The van der Waals surface area contributed by atoms with E-state index in [1.807, 2.05) is 0 Å². The Kier molecular flexibility index (Phi) is 13.2. The van der Waals surface area contributed by atoms with Crippen molar-refractivity contribution in [3.05, 3.63) is 0 Å². The smallest absolute Gasteiger partial charge is 0.318 e. The molecule has 1 aliphatic rings. The molecule has 1 heterocycles. The number of aliphatic carboxylic acids is 1. The predicted octanol–water partition coefficient (Wildman–Crippen LogP) is -5.46. The summed E-state index contributed by atoms with van der Waals surface area (Å²) in [5, 5.41) is 42.6. The van der Waals surface area contributed by atoms with Crippen LogP contribution < -0.4 is 16.4 Å². The molecule has 0 aromatic carbocycles. The lowest BCUT2D eigenvalue weighted by molar-refractivity contribution is -0.163. The zero-order valence-corrected chi connectivity index (χ0v) is 21.6. The minimum Gasteiger partial charge on any atom is -0.481 e. The normalized spacial score (nSPS) is 19.5. The van der Waals surface area contributed by atoms with Crippen LogP contribution in [0.25, 0.3) is 0 Å². The number of amides is 5. The molecular weight excluding hydrogens is 544 g/mol. The average molecular weight is 577 g/mol. The number of carboxylic acid groups (broad SMARTS) is 1. The highest BCUT2D eigenvalue weighted by molar-refractivity contribution is 6.13. The second kappa shape index (κ2) is 15.6. The van der Waals surface area contributed by atoms with E-state index < -0.39 is 110 Å². The zero-order valence-electron chi connectivity index (χ0n) is 21.6. The van der Waals surface area contributed by atoms with Crippen LogP contribution in [0.5, 0.6) is 0 Å². The van der Waals surface area contributed by atoms with Gasteiger partial charge in [-0.2, -0.15) is 0 Å². The Bertz CT molecular complexity index is 1000. The van der Waals surface area contributed by atoms with Crippen molar-refractivity contribution < 1.29 is 68.3 Å². The second-order valence-corrected chi connectivity index (χ2v) is 8.71. The van der Waals surface area contributed by atoms with Gasteiger partial charge in [0.25, 0.3) is 0 Å². The average Bonchev–Trinajstić information content (AvgIpc) is 3.20. The van der Waals surface area contributed by atoms with Crippen LogP contribution in [0.15, 0.2) is 0 Å². The number of carboxylic acids is 1. The third kappa shape index (κ3) is 9.04. The Morgan fingerprint density at radius 2 is 1.80 bits per heavy atom. The number of ether oxygens (including phenoxy) is 2. The summed E-state index contributed by atoms with van der Waals surface area (Å²) in [4.78, 5) is 96.1. The van der Waals surface area contributed by atoms with Crippen molar-refractivity contribution in [2.75, 3.05) is 20.3 Å². The summed E-state index contributed by atoms with van der Waals surface area (Å²) in [5.41, 5.74) is 5.14. The Hall–Kier alpha value is -4.00. The van der Waals surface area contributed by atoms with Crippen molar-refractivity contribution in [3.8, 4) is 0 Å². The molecule has 0 bridgehead atoms. The number of aldehydes is 1. The van der Waals surface area contributed by atoms with Gasteiger partial charge >= 0.3 is 11.9 Å². The summed E-state index contributed by atoms with van der Waals surface area (Å²) >= 11 is 0. The van der Waals surface area contributed by atoms with Gasteiger partial charge in [0.1, 0.15) is 55.2 Å².